The molecule has 1 aliphatic heterocycles. The molecule has 0 spiro atoms. The molecule has 2 unspecified atom stereocenters. The zero-order valence-corrected chi connectivity index (χ0v) is 14.6. The number of hydrogen-bond acceptors (Lipinski definition) is 5. The van der Waals surface area contributed by atoms with E-state index in [0.29, 0.717) is 12.1 Å². The molecule has 1 saturated heterocycles. The predicted octanol–water partition coefficient (Wildman–Crippen LogP) is 1.45. The maximum absolute atomic E-state index is 12.7. The fraction of sp³-hybridized carbons (Fsp3) is 0.562. The Morgan fingerprint density at radius 3 is 2.83 bits per heavy atom. The molecule has 1 aromatic rings. The average molecular weight is 340 g/mol. The van der Waals surface area contributed by atoms with Crippen LogP contribution in [0.4, 0.5) is 0 Å². The first-order valence-electron chi connectivity index (χ1n) is 7.86. The molecule has 128 valence electrons. The first-order chi connectivity index (χ1) is 10.8. The van der Waals surface area contributed by atoms with E-state index in [0.717, 1.165) is 13.0 Å². The largest absolute Gasteiger partial charge is 0.462 e. The quantitative estimate of drug-likeness (QED) is 0.793. The summed E-state index contributed by atoms with van der Waals surface area (Å²) in [5.41, 5.74) is 0.842. The maximum atomic E-state index is 12.7. The maximum Gasteiger partial charge on any atom is 0.338 e. The third-order valence-electron chi connectivity index (χ3n) is 4.12. The number of nitrogens with one attached hydrogen (secondary N) is 2. The van der Waals surface area contributed by atoms with Gasteiger partial charge in [-0.1, -0.05) is 13.0 Å². The van der Waals surface area contributed by atoms with Crippen LogP contribution in [0.2, 0.25) is 0 Å². The minimum atomic E-state index is -3.69. The van der Waals surface area contributed by atoms with Crippen LogP contribution in [0, 0.1) is 12.8 Å². The molecule has 23 heavy (non-hydrogen) atoms. The van der Waals surface area contributed by atoms with Crippen molar-refractivity contribution < 1.29 is 17.9 Å². The number of carbonyl (C=O) groups excluding carboxylic acids is 1. The van der Waals surface area contributed by atoms with E-state index in [1.54, 1.807) is 26.0 Å². The minimum absolute atomic E-state index is 0.126. The molecule has 0 saturated carbocycles. The van der Waals surface area contributed by atoms with Crippen LogP contribution in [-0.2, 0) is 14.8 Å². The van der Waals surface area contributed by atoms with E-state index in [2.05, 4.69) is 10.0 Å². The molecule has 0 bridgehead atoms. The number of sulfonamides is 1. The summed E-state index contributed by atoms with van der Waals surface area (Å²) in [7, 11) is -3.69. The van der Waals surface area contributed by atoms with Gasteiger partial charge in [0.15, 0.2) is 0 Å². The van der Waals surface area contributed by atoms with Crippen molar-refractivity contribution >= 4 is 16.0 Å². The highest BCUT2D eigenvalue weighted by Gasteiger charge is 2.28. The Hall–Kier alpha value is -1.44. The monoisotopic (exact) mass is 340 g/mol. The number of hydrogen-bond donors (Lipinski definition) is 2. The van der Waals surface area contributed by atoms with Crippen molar-refractivity contribution in [1.82, 2.24) is 10.0 Å². The van der Waals surface area contributed by atoms with Gasteiger partial charge in [-0.15, -0.1) is 0 Å². The highest BCUT2D eigenvalue weighted by atomic mass is 32.2. The summed E-state index contributed by atoms with van der Waals surface area (Å²) < 4.78 is 33.1. The summed E-state index contributed by atoms with van der Waals surface area (Å²) in [6.45, 7) is 7.22. The molecule has 2 rings (SSSR count). The zero-order chi connectivity index (χ0) is 17.0. The fourth-order valence-corrected chi connectivity index (χ4v) is 4.26. The van der Waals surface area contributed by atoms with Gasteiger partial charge >= 0.3 is 5.97 Å². The molecule has 1 heterocycles. The minimum Gasteiger partial charge on any atom is -0.462 e. The molecule has 0 aromatic heterocycles. The van der Waals surface area contributed by atoms with Crippen molar-refractivity contribution in [2.75, 3.05) is 19.7 Å². The van der Waals surface area contributed by atoms with Crippen molar-refractivity contribution in [3.05, 3.63) is 29.3 Å². The van der Waals surface area contributed by atoms with Gasteiger partial charge in [-0.05, 0) is 50.4 Å². The number of piperidine rings is 1. The van der Waals surface area contributed by atoms with E-state index in [-0.39, 0.29) is 29.0 Å². The van der Waals surface area contributed by atoms with Gasteiger partial charge in [0.1, 0.15) is 0 Å². The molecule has 0 amide bonds. The van der Waals surface area contributed by atoms with Crippen LogP contribution in [0.1, 0.15) is 36.2 Å². The van der Waals surface area contributed by atoms with Crippen LogP contribution in [0.3, 0.4) is 0 Å². The smallest absolute Gasteiger partial charge is 0.338 e. The Labute approximate surface area is 137 Å². The lowest BCUT2D eigenvalue weighted by Gasteiger charge is -2.30. The van der Waals surface area contributed by atoms with E-state index in [4.69, 9.17) is 4.74 Å². The second kappa shape index (κ2) is 7.42. The van der Waals surface area contributed by atoms with Crippen molar-refractivity contribution in [1.29, 1.82) is 0 Å². The van der Waals surface area contributed by atoms with Crippen molar-refractivity contribution in [3.8, 4) is 0 Å². The fourth-order valence-electron chi connectivity index (χ4n) is 2.64. The number of aryl methyl sites for hydroxylation is 1. The van der Waals surface area contributed by atoms with Gasteiger partial charge in [0, 0.05) is 12.6 Å². The summed E-state index contributed by atoms with van der Waals surface area (Å²) in [6, 6.07) is 4.44. The number of benzene rings is 1. The van der Waals surface area contributed by atoms with Gasteiger partial charge < -0.3 is 10.1 Å². The lowest BCUT2D eigenvalue weighted by Crippen LogP contribution is -2.50. The Balaban J connectivity index is 2.27. The van der Waals surface area contributed by atoms with Gasteiger partial charge in [0.25, 0.3) is 0 Å². The summed E-state index contributed by atoms with van der Waals surface area (Å²) in [6.07, 6.45) is 0.926. The molecule has 6 nitrogen and oxygen atoms in total. The molecular weight excluding hydrogens is 316 g/mol. The number of rotatable bonds is 5. The highest BCUT2D eigenvalue weighted by molar-refractivity contribution is 7.89. The van der Waals surface area contributed by atoms with E-state index in [1.165, 1.54) is 6.07 Å². The Morgan fingerprint density at radius 1 is 1.43 bits per heavy atom. The lowest BCUT2D eigenvalue weighted by atomic mass is 9.96. The SMILES string of the molecule is CCOC(=O)c1ccc(C)c(S(=O)(=O)NC2CNCCC2C)c1. The van der Waals surface area contributed by atoms with Gasteiger partial charge in [0.05, 0.1) is 17.1 Å². The molecule has 7 heteroatoms. The van der Waals surface area contributed by atoms with Gasteiger partial charge in [-0.3, -0.25) is 0 Å². The van der Waals surface area contributed by atoms with E-state index in [1.807, 2.05) is 6.92 Å². The van der Waals surface area contributed by atoms with Crippen LogP contribution in [0.5, 0.6) is 0 Å². The normalized spacial score (nSPS) is 21.9. The summed E-state index contributed by atoms with van der Waals surface area (Å²) in [4.78, 5) is 12.0. The van der Waals surface area contributed by atoms with Crippen LogP contribution >= 0.6 is 0 Å². The molecular formula is C16H24N2O4S. The average Bonchev–Trinajstić information content (AvgIpc) is 2.50. The van der Waals surface area contributed by atoms with Gasteiger partial charge in [0.2, 0.25) is 10.0 Å². The van der Waals surface area contributed by atoms with Gasteiger partial charge in [-0.2, -0.15) is 0 Å². The van der Waals surface area contributed by atoms with Crippen molar-refractivity contribution in [2.24, 2.45) is 5.92 Å². The Kier molecular flexibility index (Phi) is 5.78. The number of carbonyl (C=O) groups is 1. The van der Waals surface area contributed by atoms with E-state index in [9.17, 15) is 13.2 Å². The molecule has 2 atom stereocenters. The molecule has 1 fully saturated rings. The van der Waals surface area contributed by atoms with Crippen molar-refractivity contribution in [3.63, 3.8) is 0 Å². The second-order valence-corrected chi connectivity index (χ2v) is 7.58. The third kappa shape index (κ3) is 4.31. The standard InChI is InChI=1S/C16H24N2O4S/c1-4-22-16(19)13-6-5-12(3)15(9-13)23(20,21)18-14-10-17-8-7-11(14)2/h5-6,9,11,14,17-18H,4,7-8,10H2,1-3H3. The molecule has 1 aliphatic rings. The second-order valence-electron chi connectivity index (χ2n) is 5.90. The topological polar surface area (TPSA) is 84.5 Å². The first-order valence-corrected chi connectivity index (χ1v) is 9.34. The van der Waals surface area contributed by atoms with E-state index >= 15 is 0 Å². The number of esters is 1. The summed E-state index contributed by atoms with van der Waals surface area (Å²) in [5, 5.41) is 3.20. The highest BCUT2D eigenvalue weighted by Crippen LogP contribution is 2.20. The van der Waals surface area contributed by atoms with Crippen LogP contribution in [0.25, 0.3) is 0 Å². The lowest BCUT2D eigenvalue weighted by molar-refractivity contribution is 0.0526. The Morgan fingerprint density at radius 2 is 2.17 bits per heavy atom. The molecule has 0 radical (unpaired) electrons. The van der Waals surface area contributed by atoms with Crippen LogP contribution in [-0.4, -0.2) is 40.1 Å². The molecule has 2 N–H and O–H groups in total. The van der Waals surface area contributed by atoms with Crippen LogP contribution in [0.15, 0.2) is 23.1 Å². The Bertz CT molecular complexity index is 673. The number of ether oxygens (including phenoxy) is 1. The summed E-state index contributed by atoms with van der Waals surface area (Å²) in [5.74, 6) is -0.253. The predicted molar refractivity (Wildman–Crippen MR) is 87.9 cm³/mol. The third-order valence-corrected chi connectivity index (χ3v) is 5.75. The van der Waals surface area contributed by atoms with Gasteiger partial charge in [-0.25, -0.2) is 17.9 Å². The molecule has 0 aliphatic carbocycles. The van der Waals surface area contributed by atoms with Crippen molar-refractivity contribution in [2.45, 2.75) is 38.1 Å². The van der Waals surface area contributed by atoms with E-state index < -0.39 is 16.0 Å². The zero-order valence-electron chi connectivity index (χ0n) is 13.8. The van der Waals surface area contributed by atoms with Crippen LogP contribution < -0.4 is 10.0 Å². The summed E-state index contributed by atoms with van der Waals surface area (Å²) >= 11 is 0. The molecule has 1 aromatic carbocycles. The first kappa shape index (κ1) is 17.9.